The molecule has 0 saturated carbocycles. The van der Waals surface area contributed by atoms with Gasteiger partial charge in [0, 0.05) is 0 Å². The molecule has 78 valence electrons. The Hall–Kier alpha value is -0.0400. The lowest BCUT2D eigenvalue weighted by atomic mass is 10.1. The van der Waals surface area contributed by atoms with Gasteiger partial charge in [-0.2, -0.15) is 0 Å². The second-order valence-electron chi connectivity index (χ2n) is 4.47. The first kappa shape index (κ1) is 11.0. The summed E-state index contributed by atoms with van der Waals surface area (Å²) >= 11 is 0. The fraction of sp³-hybridized carbons (Fsp3) is 1.00. The van der Waals surface area contributed by atoms with Crippen molar-refractivity contribution in [3.63, 3.8) is 0 Å². The summed E-state index contributed by atoms with van der Waals surface area (Å²) in [5.74, 6) is 0. The van der Waals surface area contributed by atoms with Crippen LogP contribution in [0.15, 0.2) is 0 Å². The highest BCUT2D eigenvalue weighted by Crippen LogP contribution is 2.07. The van der Waals surface area contributed by atoms with Crippen molar-refractivity contribution in [2.24, 2.45) is 0 Å². The van der Waals surface area contributed by atoms with Crippen LogP contribution in [0, 0.1) is 0 Å². The van der Waals surface area contributed by atoms with Crippen molar-refractivity contribution in [3.8, 4) is 0 Å². The van der Waals surface area contributed by atoms with E-state index in [0.29, 0.717) is 0 Å². The molecule has 1 fully saturated rings. The van der Waals surface area contributed by atoms with Gasteiger partial charge in [-0.3, -0.25) is 0 Å². The van der Waals surface area contributed by atoms with E-state index in [0.717, 1.165) is 0 Å². The van der Waals surface area contributed by atoms with Gasteiger partial charge in [-0.25, -0.2) is 0 Å². The van der Waals surface area contributed by atoms with Gasteiger partial charge in [-0.05, 0) is 12.8 Å². The molecule has 0 aromatic heterocycles. The zero-order valence-electron chi connectivity index (χ0n) is 9.28. The monoisotopic (exact) mass is 184 g/mol. The topological polar surface area (TPSA) is 4.44 Å². The third-order valence-electron chi connectivity index (χ3n) is 2.99. The Morgan fingerprint density at radius 2 is 1.31 bits per heavy atom. The summed E-state index contributed by atoms with van der Waals surface area (Å²) in [6.45, 7) is 6.65. The quantitative estimate of drug-likeness (QED) is 0.413. The number of unbranched alkanes of at least 4 members (excludes halogenated alkanes) is 7. The Labute approximate surface area is 83.5 Å². The molecule has 0 radical (unpaired) electrons. The molecule has 0 spiro atoms. The fourth-order valence-corrected chi connectivity index (χ4v) is 1.85. The van der Waals surface area contributed by atoms with Crippen LogP contribution >= 0.6 is 0 Å². The Balaban J connectivity index is 1.63. The van der Waals surface area contributed by atoms with Crippen LogP contribution in [0.2, 0.25) is 0 Å². The summed E-state index contributed by atoms with van der Waals surface area (Å²) in [7, 11) is 0. The first-order valence-corrected chi connectivity index (χ1v) is 6.27. The fourth-order valence-electron chi connectivity index (χ4n) is 1.85. The van der Waals surface area contributed by atoms with E-state index in [4.69, 9.17) is 0 Å². The largest absolute Gasteiger partial charge is 0.326 e. The molecule has 0 unspecified atom stereocenters. The Kier molecular flexibility index (Phi) is 6.26. The van der Waals surface area contributed by atoms with Crippen molar-refractivity contribution in [2.75, 3.05) is 19.6 Å². The maximum Gasteiger partial charge on any atom is 0.127 e. The number of rotatable bonds is 9. The minimum Gasteiger partial charge on any atom is -0.326 e. The molecular weight excluding hydrogens is 158 g/mol. The first-order chi connectivity index (χ1) is 6.43. The predicted octanol–water partition coefficient (Wildman–Crippen LogP) is 2.03. The normalized spacial score (nSPS) is 16.4. The zero-order valence-corrected chi connectivity index (χ0v) is 9.28. The molecule has 1 rings (SSSR count). The van der Waals surface area contributed by atoms with Gasteiger partial charge in [-0.15, -0.1) is 0 Å². The van der Waals surface area contributed by atoms with Gasteiger partial charge in [0.1, 0.15) is 13.1 Å². The van der Waals surface area contributed by atoms with Crippen LogP contribution < -0.4 is 4.90 Å². The second kappa shape index (κ2) is 7.37. The highest BCUT2D eigenvalue weighted by atomic mass is 15.2. The van der Waals surface area contributed by atoms with Crippen LogP contribution in [0.4, 0.5) is 0 Å². The smallest absolute Gasteiger partial charge is 0.127 e. The number of hydrogen-bond donors (Lipinski definition) is 1. The lowest BCUT2D eigenvalue weighted by Gasteiger charge is -2.00. The number of hydrogen-bond acceptors (Lipinski definition) is 0. The summed E-state index contributed by atoms with van der Waals surface area (Å²) in [5, 5.41) is 0. The second-order valence-corrected chi connectivity index (χ2v) is 4.47. The third kappa shape index (κ3) is 7.06. The van der Waals surface area contributed by atoms with E-state index >= 15 is 0 Å². The number of quaternary nitrogens is 1. The minimum atomic E-state index is 1.37. The van der Waals surface area contributed by atoms with Gasteiger partial charge in [0.2, 0.25) is 0 Å². The molecule has 1 heterocycles. The van der Waals surface area contributed by atoms with E-state index in [1.54, 1.807) is 0 Å². The molecule has 1 N–H and O–H groups in total. The van der Waals surface area contributed by atoms with Crippen LogP contribution in [-0.4, -0.2) is 19.6 Å². The van der Waals surface area contributed by atoms with Crippen LogP contribution in [0.5, 0.6) is 0 Å². The van der Waals surface area contributed by atoms with Crippen molar-refractivity contribution in [1.82, 2.24) is 0 Å². The maximum absolute atomic E-state index is 2.28. The van der Waals surface area contributed by atoms with Crippen LogP contribution in [0.3, 0.4) is 0 Å². The van der Waals surface area contributed by atoms with Crippen LogP contribution in [0.25, 0.3) is 0 Å². The average Bonchev–Trinajstić information content (AvgIpc) is 2.93. The van der Waals surface area contributed by atoms with Gasteiger partial charge in [0.25, 0.3) is 0 Å². The molecule has 1 aliphatic rings. The lowest BCUT2D eigenvalue weighted by molar-refractivity contribution is -0.758. The minimum absolute atomic E-state index is 1.37. The first-order valence-electron chi connectivity index (χ1n) is 6.27. The van der Waals surface area contributed by atoms with Gasteiger partial charge < -0.3 is 4.90 Å². The van der Waals surface area contributed by atoms with Crippen LogP contribution in [-0.2, 0) is 0 Å². The Morgan fingerprint density at radius 3 is 1.85 bits per heavy atom. The SMILES string of the molecule is CCCCCCCCCC[NH+]1CC1. The molecule has 1 aliphatic heterocycles. The van der Waals surface area contributed by atoms with Crippen molar-refractivity contribution >= 4 is 0 Å². The molecule has 1 heteroatoms. The molecule has 0 aliphatic carbocycles. The Morgan fingerprint density at radius 1 is 0.769 bits per heavy atom. The standard InChI is InChI=1S/C12H25N/c1-2-3-4-5-6-7-8-9-10-13-11-12-13/h2-12H2,1H3/p+1. The lowest BCUT2D eigenvalue weighted by Crippen LogP contribution is -2.92. The summed E-state index contributed by atoms with van der Waals surface area (Å²) in [6, 6.07) is 0. The highest BCUT2D eigenvalue weighted by Gasteiger charge is 2.21. The van der Waals surface area contributed by atoms with Crippen LogP contribution in [0.1, 0.15) is 58.3 Å². The summed E-state index contributed by atoms with van der Waals surface area (Å²) < 4.78 is 0. The van der Waals surface area contributed by atoms with E-state index in [-0.39, 0.29) is 0 Å². The molecule has 0 aromatic carbocycles. The van der Waals surface area contributed by atoms with E-state index < -0.39 is 0 Å². The van der Waals surface area contributed by atoms with E-state index in [2.05, 4.69) is 6.92 Å². The molecule has 0 atom stereocenters. The highest BCUT2D eigenvalue weighted by molar-refractivity contribution is 4.47. The van der Waals surface area contributed by atoms with Gasteiger partial charge in [0.15, 0.2) is 0 Å². The molecular formula is C12H26N+. The van der Waals surface area contributed by atoms with E-state index in [1.807, 2.05) is 4.90 Å². The van der Waals surface area contributed by atoms with Crippen molar-refractivity contribution in [1.29, 1.82) is 0 Å². The molecule has 0 amide bonds. The number of nitrogens with one attached hydrogen (secondary N) is 1. The molecule has 0 bridgehead atoms. The van der Waals surface area contributed by atoms with Crippen molar-refractivity contribution < 1.29 is 4.90 Å². The van der Waals surface area contributed by atoms with Gasteiger partial charge in [0.05, 0.1) is 6.54 Å². The zero-order chi connectivity index (χ0) is 9.36. The molecule has 13 heavy (non-hydrogen) atoms. The summed E-state index contributed by atoms with van der Waals surface area (Å²) in [5.41, 5.74) is 0. The summed E-state index contributed by atoms with van der Waals surface area (Å²) in [6.07, 6.45) is 11.7. The summed E-state index contributed by atoms with van der Waals surface area (Å²) in [4.78, 5) is 1.84. The van der Waals surface area contributed by atoms with Gasteiger partial charge >= 0.3 is 0 Å². The van der Waals surface area contributed by atoms with Gasteiger partial charge in [-0.1, -0.05) is 45.4 Å². The Bertz CT molecular complexity index is 108. The van der Waals surface area contributed by atoms with E-state index in [1.165, 1.54) is 71.0 Å². The average molecular weight is 184 g/mol. The van der Waals surface area contributed by atoms with Crippen molar-refractivity contribution in [2.45, 2.75) is 58.3 Å². The molecule has 1 nitrogen and oxygen atoms in total. The van der Waals surface area contributed by atoms with E-state index in [9.17, 15) is 0 Å². The predicted molar refractivity (Wildman–Crippen MR) is 58.2 cm³/mol. The third-order valence-corrected chi connectivity index (χ3v) is 2.99. The van der Waals surface area contributed by atoms with Crippen molar-refractivity contribution in [3.05, 3.63) is 0 Å². The maximum atomic E-state index is 2.28. The molecule has 0 aromatic rings. The molecule has 1 saturated heterocycles.